The van der Waals surface area contributed by atoms with E-state index in [-0.39, 0.29) is 0 Å². The minimum Gasteiger partial charge on any atom is -0.492 e. The van der Waals surface area contributed by atoms with Crippen LogP contribution in [0.3, 0.4) is 0 Å². The summed E-state index contributed by atoms with van der Waals surface area (Å²) >= 11 is 5.97. The van der Waals surface area contributed by atoms with E-state index in [4.69, 9.17) is 16.3 Å². The number of rotatable bonds is 5. The Bertz CT molecular complexity index is 596. The zero-order valence-electron chi connectivity index (χ0n) is 12.3. The van der Waals surface area contributed by atoms with Crippen molar-refractivity contribution >= 4 is 11.6 Å². The molecular weight excluding hydrogens is 284 g/mol. The third-order valence-electron chi connectivity index (χ3n) is 4.13. The maximum Gasteiger partial charge on any atom is 0.120 e. The number of aromatic nitrogens is 1. The number of aryl methyl sites for hydroxylation is 1. The molecule has 3 rings (SSSR count). The van der Waals surface area contributed by atoms with Gasteiger partial charge in [-0.2, -0.15) is 0 Å². The van der Waals surface area contributed by atoms with Gasteiger partial charge in [0.2, 0.25) is 0 Å². The van der Waals surface area contributed by atoms with Gasteiger partial charge in [0.15, 0.2) is 0 Å². The number of benzene rings is 1. The van der Waals surface area contributed by atoms with Crippen LogP contribution in [0.5, 0.6) is 5.75 Å². The Morgan fingerprint density at radius 2 is 2.19 bits per heavy atom. The van der Waals surface area contributed by atoms with Gasteiger partial charge >= 0.3 is 0 Å². The Morgan fingerprint density at radius 3 is 2.95 bits per heavy atom. The van der Waals surface area contributed by atoms with Gasteiger partial charge in [-0.15, -0.1) is 0 Å². The van der Waals surface area contributed by atoms with Crippen LogP contribution >= 0.6 is 11.6 Å². The summed E-state index contributed by atoms with van der Waals surface area (Å²) in [7, 11) is 2.12. The predicted octanol–water partition coefficient (Wildman–Crippen LogP) is 3.89. The largest absolute Gasteiger partial charge is 0.492 e. The van der Waals surface area contributed by atoms with E-state index in [0.29, 0.717) is 12.6 Å². The van der Waals surface area contributed by atoms with E-state index in [1.807, 2.05) is 24.3 Å². The number of hydrogen-bond donors (Lipinski definition) is 0. The van der Waals surface area contributed by atoms with E-state index in [1.165, 1.54) is 18.5 Å². The van der Waals surface area contributed by atoms with Gasteiger partial charge in [-0.05, 0) is 49.7 Å². The van der Waals surface area contributed by atoms with Crippen LogP contribution in [-0.2, 0) is 7.05 Å². The lowest BCUT2D eigenvalue weighted by Crippen LogP contribution is -2.29. The van der Waals surface area contributed by atoms with Gasteiger partial charge in [0.05, 0.1) is 6.04 Å². The van der Waals surface area contributed by atoms with Gasteiger partial charge in [-0.25, -0.2) is 0 Å². The molecule has 1 aliphatic rings. The fourth-order valence-corrected chi connectivity index (χ4v) is 3.27. The second kappa shape index (κ2) is 6.54. The lowest BCUT2D eigenvalue weighted by molar-refractivity contribution is 0.194. The molecule has 0 spiro atoms. The molecule has 3 nitrogen and oxygen atoms in total. The molecule has 1 fully saturated rings. The lowest BCUT2D eigenvalue weighted by atomic mass is 10.1. The van der Waals surface area contributed by atoms with Crippen molar-refractivity contribution in [1.29, 1.82) is 0 Å². The second-order valence-electron chi connectivity index (χ2n) is 5.54. The second-order valence-corrected chi connectivity index (χ2v) is 5.98. The van der Waals surface area contributed by atoms with Crippen molar-refractivity contribution in [1.82, 2.24) is 9.47 Å². The molecule has 0 saturated carbocycles. The first kappa shape index (κ1) is 14.5. The summed E-state index contributed by atoms with van der Waals surface area (Å²) in [5, 5.41) is 0.718. The highest BCUT2D eigenvalue weighted by Crippen LogP contribution is 2.31. The molecule has 1 saturated heterocycles. The molecule has 112 valence electrons. The fraction of sp³-hybridized carbons (Fsp3) is 0.412. The zero-order valence-corrected chi connectivity index (χ0v) is 13.1. The number of nitrogens with zero attached hydrogens (tertiary/aromatic N) is 2. The van der Waals surface area contributed by atoms with Crippen LogP contribution in [0.2, 0.25) is 5.02 Å². The molecule has 1 aromatic carbocycles. The highest BCUT2D eigenvalue weighted by molar-refractivity contribution is 6.30. The summed E-state index contributed by atoms with van der Waals surface area (Å²) in [5.41, 5.74) is 1.40. The summed E-state index contributed by atoms with van der Waals surface area (Å²) in [6.45, 7) is 2.79. The summed E-state index contributed by atoms with van der Waals surface area (Å²) < 4.78 is 8.03. The Morgan fingerprint density at radius 1 is 1.29 bits per heavy atom. The summed E-state index contributed by atoms with van der Waals surface area (Å²) in [6, 6.07) is 12.5. The van der Waals surface area contributed by atoms with Gasteiger partial charge in [0.1, 0.15) is 12.4 Å². The topological polar surface area (TPSA) is 17.4 Å². The molecule has 1 aliphatic heterocycles. The van der Waals surface area contributed by atoms with Gasteiger partial charge in [-0.1, -0.05) is 17.7 Å². The molecule has 0 amide bonds. The van der Waals surface area contributed by atoms with Crippen LogP contribution in [0.15, 0.2) is 42.6 Å². The summed E-state index contributed by atoms with van der Waals surface area (Å²) in [4.78, 5) is 2.51. The van der Waals surface area contributed by atoms with Crippen molar-refractivity contribution in [2.75, 3.05) is 19.7 Å². The molecule has 0 aliphatic carbocycles. The highest BCUT2D eigenvalue weighted by atomic mass is 35.5. The summed E-state index contributed by atoms with van der Waals surface area (Å²) in [6.07, 6.45) is 4.61. The quantitative estimate of drug-likeness (QED) is 0.833. The van der Waals surface area contributed by atoms with Gasteiger partial charge in [0.25, 0.3) is 0 Å². The molecule has 21 heavy (non-hydrogen) atoms. The number of hydrogen-bond acceptors (Lipinski definition) is 2. The van der Waals surface area contributed by atoms with Crippen LogP contribution in [-0.4, -0.2) is 29.2 Å². The van der Waals surface area contributed by atoms with E-state index in [1.54, 1.807) is 0 Å². The minimum atomic E-state index is 0.521. The van der Waals surface area contributed by atoms with Gasteiger partial charge in [0, 0.05) is 30.5 Å². The molecule has 1 unspecified atom stereocenters. The van der Waals surface area contributed by atoms with Crippen molar-refractivity contribution < 1.29 is 4.74 Å². The van der Waals surface area contributed by atoms with Gasteiger partial charge in [-0.3, -0.25) is 4.90 Å². The Hall–Kier alpha value is -1.45. The maximum atomic E-state index is 5.97. The van der Waals surface area contributed by atoms with E-state index in [0.717, 1.165) is 23.9 Å². The number of likely N-dealkylation sites (tertiary alicyclic amines) is 1. The van der Waals surface area contributed by atoms with Gasteiger partial charge < -0.3 is 9.30 Å². The number of ether oxygens (including phenoxy) is 1. The first-order valence-electron chi connectivity index (χ1n) is 7.48. The lowest BCUT2D eigenvalue weighted by Gasteiger charge is -2.25. The Kier molecular flexibility index (Phi) is 4.51. The standard InChI is InChI=1S/C17H21ClN2O/c1-19-9-3-7-16(19)17-8-4-10-20(17)11-12-21-15-6-2-5-14(18)13-15/h2-3,5-7,9,13,17H,4,8,10-12H2,1H3. The molecule has 0 bridgehead atoms. The third kappa shape index (κ3) is 3.42. The molecule has 2 heterocycles. The molecule has 0 radical (unpaired) electrons. The average molecular weight is 305 g/mol. The van der Waals surface area contributed by atoms with Crippen molar-refractivity contribution in [3.05, 3.63) is 53.3 Å². The molecular formula is C17H21ClN2O. The number of halogens is 1. The summed E-state index contributed by atoms with van der Waals surface area (Å²) in [5.74, 6) is 0.845. The first-order chi connectivity index (χ1) is 10.2. The third-order valence-corrected chi connectivity index (χ3v) is 4.37. The van der Waals surface area contributed by atoms with Crippen LogP contribution in [0.25, 0.3) is 0 Å². The van der Waals surface area contributed by atoms with E-state index >= 15 is 0 Å². The minimum absolute atomic E-state index is 0.521. The Labute approximate surface area is 131 Å². The maximum absolute atomic E-state index is 5.97. The van der Waals surface area contributed by atoms with Crippen LogP contribution in [0.1, 0.15) is 24.6 Å². The smallest absolute Gasteiger partial charge is 0.120 e. The van der Waals surface area contributed by atoms with E-state index < -0.39 is 0 Å². The molecule has 1 atom stereocenters. The SMILES string of the molecule is Cn1cccc1C1CCCN1CCOc1cccc(Cl)c1. The molecule has 1 aromatic heterocycles. The average Bonchev–Trinajstić information content (AvgIpc) is 3.07. The monoisotopic (exact) mass is 304 g/mol. The molecule has 4 heteroatoms. The Balaban J connectivity index is 1.56. The molecule has 2 aromatic rings. The zero-order chi connectivity index (χ0) is 14.7. The normalized spacial score (nSPS) is 19.0. The predicted molar refractivity (Wildman–Crippen MR) is 85.9 cm³/mol. The fourth-order valence-electron chi connectivity index (χ4n) is 3.09. The van der Waals surface area contributed by atoms with E-state index in [2.05, 4.69) is 34.8 Å². The van der Waals surface area contributed by atoms with Crippen LogP contribution < -0.4 is 4.74 Å². The highest BCUT2D eigenvalue weighted by Gasteiger charge is 2.27. The van der Waals surface area contributed by atoms with Crippen molar-refractivity contribution in [2.45, 2.75) is 18.9 Å². The van der Waals surface area contributed by atoms with Crippen LogP contribution in [0.4, 0.5) is 0 Å². The van der Waals surface area contributed by atoms with Crippen molar-refractivity contribution in [3.63, 3.8) is 0 Å². The van der Waals surface area contributed by atoms with Crippen LogP contribution in [0, 0.1) is 0 Å². The van der Waals surface area contributed by atoms with Crippen molar-refractivity contribution in [3.8, 4) is 5.75 Å². The first-order valence-corrected chi connectivity index (χ1v) is 7.85. The van der Waals surface area contributed by atoms with Crippen molar-refractivity contribution in [2.24, 2.45) is 7.05 Å². The van der Waals surface area contributed by atoms with E-state index in [9.17, 15) is 0 Å². The molecule has 0 N–H and O–H groups in total.